The van der Waals surface area contributed by atoms with Crippen molar-refractivity contribution in [1.29, 1.82) is 0 Å². The van der Waals surface area contributed by atoms with Crippen molar-refractivity contribution >= 4 is 43.7 Å². The summed E-state index contributed by atoms with van der Waals surface area (Å²) in [5, 5.41) is 6.05. The number of esters is 1. The van der Waals surface area contributed by atoms with Crippen LogP contribution in [0.1, 0.15) is 59.3 Å². The molecule has 0 aliphatic heterocycles. The Morgan fingerprint density at radius 2 is 1.88 bits per heavy atom. The van der Waals surface area contributed by atoms with E-state index in [0.717, 1.165) is 49.0 Å². The lowest BCUT2D eigenvalue weighted by Crippen LogP contribution is -2.23. The van der Waals surface area contributed by atoms with Crippen LogP contribution in [-0.4, -0.2) is 39.2 Å². The van der Waals surface area contributed by atoms with Gasteiger partial charge < -0.3 is 15.4 Å². The summed E-state index contributed by atoms with van der Waals surface area (Å²) in [6, 6.07) is 6.62. The van der Waals surface area contributed by atoms with Gasteiger partial charge in [0.05, 0.1) is 29.4 Å². The average Bonchev–Trinajstić information content (AvgIpc) is 3.46. The maximum atomic E-state index is 12.8. The number of benzene rings is 1. The quantitative estimate of drug-likeness (QED) is 0.582. The zero-order valence-corrected chi connectivity index (χ0v) is 19.7. The van der Waals surface area contributed by atoms with Crippen molar-refractivity contribution in [3.05, 3.63) is 40.3 Å². The highest BCUT2D eigenvalue weighted by Crippen LogP contribution is 2.38. The third-order valence-corrected chi connectivity index (χ3v) is 9.64. The van der Waals surface area contributed by atoms with Crippen LogP contribution in [0.25, 0.3) is 0 Å². The fraction of sp³-hybridized carbons (Fsp3) is 0.478. The summed E-state index contributed by atoms with van der Waals surface area (Å²) in [6.07, 6.45) is 7.10. The van der Waals surface area contributed by atoms with E-state index in [1.165, 1.54) is 18.4 Å². The monoisotopic (exact) mass is 476 g/mol. The number of hydrogen-bond donors (Lipinski definition) is 2. The van der Waals surface area contributed by atoms with E-state index < -0.39 is 15.8 Å². The van der Waals surface area contributed by atoms with E-state index in [2.05, 4.69) is 10.6 Å². The summed E-state index contributed by atoms with van der Waals surface area (Å²) in [5.41, 5.74) is 2.02. The molecular formula is C23H28N2O5S2. The summed E-state index contributed by atoms with van der Waals surface area (Å²) in [7, 11) is -2.02. The number of carbonyl (C=O) groups is 2. The van der Waals surface area contributed by atoms with Crippen molar-refractivity contribution in [3.8, 4) is 0 Å². The van der Waals surface area contributed by atoms with Crippen molar-refractivity contribution in [2.45, 2.75) is 61.5 Å². The average molecular weight is 477 g/mol. The largest absolute Gasteiger partial charge is 0.465 e. The molecule has 0 bridgehead atoms. The van der Waals surface area contributed by atoms with Gasteiger partial charge in [0.1, 0.15) is 5.00 Å². The Morgan fingerprint density at radius 1 is 1.12 bits per heavy atom. The van der Waals surface area contributed by atoms with Gasteiger partial charge in [0.15, 0.2) is 9.84 Å². The van der Waals surface area contributed by atoms with Crippen molar-refractivity contribution in [2.24, 2.45) is 0 Å². The highest BCUT2D eigenvalue weighted by Gasteiger charge is 2.30. The molecule has 2 aliphatic carbocycles. The maximum Gasteiger partial charge on any atom is 0.341 e. The highest BCUT2D eigenvalue weighted by molar-refractivity contribution is 7.92. The second kappa shape index (κ2) is 9.62. The highest BCUT2D eigenvalue weighted by atomic mass is 32.2. The molecule has 1 fully saturated rings. The predicted molar refractivity (Wildman–Crippen MR) is 125 cm³/mol. The molecule has 0 saturated heterocycles. The number of ether oxygens (including phenoxy) is 1. The molecule has 7 nitrogen and oxygen atoms in total. The van der Waals surface area contributed by atoms with Crippen LogP contribution in [0.5, 0.6) is 0 Å². The molecule has 1 aromatic carbocycles. The number of hydrogen-bond acceptors (Lipinski definition) is 7. The molecule has 2 N–H and O–H groups in total. The van der Waals surface area contributed by atoms with Gasteiger partial charge in [0.25, 0.3) is 0 Å². The van der Waals surface area contributed by atoms with Gasteiger partial charge in [-0.15, -0.1) is 11.3 Å². The number of fused-ring (bicyclic) bond motifs is 1. The van der Waals surface area contributed by atoms with Gasteiger partial charge in [-0.25, -0.2) is 13.2 Å². The van der Waals surface area contributed by atoms with Gasteiger partial charge in [-0.05, 0) is 62.3 Å². The van der Waals surface area contributed by atoms with Crippen LogP contribution >= 0.6 is 11.3 Å². The van der Waals surface area contributed by atoms with Crippen LogP contribution in [0.4, 0.5) is 10.7 Å². The number of rotatable bonds is 7. The molecule has 2 aliphatic rings. The lowest BCUT2D eigenvalue weighted by Gasteiger charge is -2.13. The molecule has 1 amide bonds. The third-order valence-electron chi connectivity index (χ3n) is 6.17. The minimum Gasteiger partial charge on any atom is -0.465 e. The Balaban J connectivity index is 1.44. The first-order chi connectivity index (χ1) is 15.4. The topological polar surface area (TPSA) is 102 Å². The van der Waals surface area contributed by atoms with E-state index in [9.17, 15) is 18.0 Å². The Kier molecular flexibility index (Phi) is 6.85. The van der Waals surface area contributed by atoms with Crippen molar-refractivity contribution in [3.63, 3.8) is 0 Å². The Morgan fingerprint density at radius 3 is 2.62 bits per heavy atom. The van der Waals surface area contributed by atoms with Crippen molar-refractivity contribution in [2.75, 3.05) is 24.3 Å². The van der Waals surface area contributed by atoms with Crippen molar-refractivity contribution in [1.82, 2.24) is 0 Å². The Bertz CT molecular complexity index is 1120. The predicted octanol–water partition coefficient (Wildman–Crippen LogP) is 4.18. The number of nitrogens with one attached hydrogen (secondary N) is 2. The molecule has 1 saturated carbocycles. The molecule has 1 aromatic heterocycles. The zero-order valence-electron chi connectivity index (χ0n) is 18.1. The second-order valence-corrected chi connectivity index (χ2v) is 11.6. The molecule has 0 unspecified atom stereocenters. The number of thiophene rings is 1. The van der Waals surface area contributed by atoms with Gasteiger partial charge in [0, 0.05) is 10.6 Å². The number of aryl methyl sites for hydroxylation is 1. The minimum absolute atomic E-state index is 0.0455. The second-order valence-electron chi connectivity index (χ2n) is 8.29. The lowest BCUT2D eigenvalue weighted by molar-refractivity contribution is -0.114. The number of amides is 1. The number of methoxy groups -OCH3 is 1. The first-order valence-electron chi connectivity index (χ1n) is 11.0. The summed E-state index contributed by atoms with van der Waals surface area (Å²) in [5.74, 6) is -0.740. The fourth-order valence-corrected chi connectivity index (χ4v) is 7.69. The minimum atomic E-state index is -3.36. The van der Waals surface area contributed by atoms with E-state index in [4.69, 9.17) is 4.74 Å². The standard InChI is InChI=1S/C23H28N2O5S2/c1-30-23(27)21-18-11-4-5-12-19(18)31-22(21)25-20(26)14-24-15-7-6-10-17(13-15)32(28,29)16-8-2-3-9-16/h6-7,10,13,16,24H,2-5,8-9,11-12,14H2,1H3,(H,25,26). The first-order valence-corrected chi connectivity index (χ1v) is 13.4. The van der Waals surface area contributed by atoms with Crippen LogP contribution in [0, 0.1) is 0 Å². The molecule has 0 radical (unpaired) electrons. The van der Waals surface area contributed by atoms with E-state index >= 15 is 0 Å². The summed E-state index contributed by atoms with van der Waals surface area (Å²) < 4.78 is 30.6. The smallest absolute Gasteiger partial charge is 0.341 e. The third kappa shape index (κ3) is 4.68. The van der Waals surface area contributed by atoms with Crippen LogP contribution < -0.4 is 10.6 Å². The van der Waals surface area contributed by atoms with Crippen LogP contribution in [0.15, 0.2) is 29.2 Å². The normalized spacial score (nSPS) is 16.4. The zero-order chi connectivity index (χ0) is 22.7. The molecule has 0 spiro atoms. The SMILES string of the molecule is COC(=O)c1c(NC(=O)CNc2cccc(S(=O)(=O)C3CCCC3)c2)sc2c1CCCC2. The molecule has 32 heavy (non-hydrogen) atoms. The number of sulfone groups is 1. The lowest BCUT2D eigenvalue weighted by atomic mass is 9.95. The van der Waals surface area contributed by atoms with E-state index in [1.807, 2.05) is 0 Å². The van der Waals surface area contributed by atoms with Crippen molar-refractivity contribution < 1.29 is 22.7 Å². The maximum absolute atomic E-state index is 12.8. The van der Waals surface area contributed by atoms with Crippen LogP contribution in [0.2, 0.25) is 0 Å². The van der Waals surface area contributed by atoms with E-state index in [-0.39, 0.29) is 22.6 Å². The van der Waals surface area contributed by atoms with Gasteiger partial charge >= 0.3 is 5.97 Å². The Labute approximate surface area is 192 Å². The van der Waals surface area contributed by atoms with E-state index in [0.29, 0.717) is 29.1 Å². The molecule has 2 aromatic rings. The molecule has 1 heterocycles. The van der Waals surface area contributed by atoms with Gasteiger partial charge in [0.2, 0.25) is 5.91 Å². The summed E-state index contributed by atoms with van der Waals surface area (Å²) in [4.78, 5) is 26.4. The molecule has 172 valence electrons. The van der Waals surface area contributed by atoms with Gasteiger partial charge in [-0.2, -0.15) is 0 Å². The molecule has 4 rings (SSSR count). The van der Waals surface area contributed by atoms with E-state index in [1.54, 1.807) is 24.3 Å². The summed E-state index contributed by atoms with van der Waals surface area (Å²) in [6.45, 7) is -0.0455. The first kappa shape index (κ1) is 22.8. The molecule has 0 atom stereocenters. The summed E-state index contributed by atoms with van der Waals surface area (Å²) >= 11 is 1.44. The van der Waals surface area contributed by atoms with Gasteiger partial charge in [-0.1, -0.05) is 18.9 Å². The number of carbonyl (C=O) groups excluding carboxylic acids is 2. The van der Waals surface area contributed by atoms with Crippen LogP contribution in [-0.2, 0) is 32.2 Å². The molecule has 9 heteroatoms. The number of anilines is 2. The molecular weight excluding hydrogens is 448 g/mol. The van der Waals surface area contributed by atoms with Gasteiger partial charge in [-0.3, -0.25) is 4.79 Å². The van der Waals surface area contributed by atoms with Crippen LogP contribution in [0.3, 0.4) is 0 Å². The fourth-order valence-electron chi connectivity index (χ4n) is 4.50. The Hall–Kier alpha value is -2.39.